The Kier molecular flexibility index (Phi) is 7.49. The van der Waals surface area contributed by atoms with Crippen LogP contribution in [0.25, 0.3) is 10.9 Å². The van der Waals surface area contributed by atoms with Gasteiger partial charge in [0.05, 0.1) is 31.0 Å². The number of ether oxygens (including phenoxy) is 2. The summed E-state index contributed by atoms with van der Waals surface area (Å²) in [7, 11) is 3.16. The zero-order chi connectivity index (χ0) is 24.1. The molecule has 2 aromatic carbocycles. The number of nitrogens with one attached hydrogen (secondary N) is 3. The van der Waals surface area contributed by atoms with Crippen molar-refractivity contribution >= 4 is 28.2 Å². The second-order valence-corrected chi connectivity index (χ2v) is 8.46. The average molecular weight is 464 g/mol. The van der Waals surface area contributed by atoms with Crippen LogP contribution in [0.15, 0.2) is 36.5 Å². The highest BCUT2D eigenvalue weighted by Gasteiger charge is 2.19. The lowest BCUT2D eigenvalue weighted by Crippen LogP contribution is -2.39. The molecule has 180 valence electrons. The molecule has 0 bridgehead atoms. The van der Waals surface area contributed by atoms with Crippen molar-refractivity contribution in [2.45, 2.75) is 38.8 Å². The number of anilines is 2. The molecule has 8 heteroatoms. The molecule has 34 heavy (non-hydrogen) atoms. The van der Waals surface area contributed by atoms with Crippen LogP contribution in [-0.2, 0) is 13.0 Å². The van der Waals surface area contributed by atoms with Gasteiger partial charge in [-0.15, -0.1) is 0 Å². The van der Waals surface area contributed by atoms with Gasteiger partial charge in [0.25, 0.3) is 5.91 Å². The second kappa shape index (κ2) is 10.7. The molecule has 0 radical (unpaired) electrons. The summed E-state index contributed by atoms with van der Waals surface area (Å²) in [5.41, 5.74) is 10.7. The third-order valence-corrected chi connectivity index (χ3v) is 6.45. The van der Waals surface area contributed by atoms with Crippen LogP contribution in [0.5, 0.6) is 11.5 Å². The van der Waals surface area contributed by atoms with Gasteiger partial charge in [0.2, 0.25) is 0 Å². The Labute approximate surface area is 200 Å². The van der Waals surface area contributed by atoms with E-state index in [2.05, 4.69) is 33.9 Å². The fourth-order valence-corrected chi connectivity index (χ4v) is 4.59. The molecule has 0 spiro atoms. The van der Waals surface area contributed by atoms with Crippen LogP contribution >= 0.6 is 0 Å². The molecule has 8 nitrogen and oxygen atoms in total. The van der Waals surface area contributed by atoms with E-state index in [-0.39, 0.29) is 0 Å². The highest BCUT2D eigenvalue weighted by atomic mass is 16.5. The van der Waals surface area contributed by atoms with Crippen LogP contribution in [0.3, 0.4) is 0 Å². The maximum atomic E-state index is 12.3. The van der Waals surface area contributed by atoms with Crippen LogP contribution in [0.2, 0.25) is 0 Å². The molecule has 1 aromatic heterocycles. The molecule has 1 fully saturated rings. The SMILES string of the molecule is CCc1c(CNC2CCNCC2)cccc1Nc1c(C(N)=O)cnc2cc(OC)c(OC)cc12. The molecule has 3 aromatic rings. The number of benzene rings is 2. The first-order valence-corrected chi connectivity index (χ1v) is 11.7. The number of aromatic nitrogens is 1. The first-order valence-electron chi connectivity index (χ1n) is 11.7. The molecule has 1 aliphatic rings. The zero-order valence-corrected chi connectivity index (χ0v) is 20.0. The molecule has 5 N–H and O–H groups in total. The molecular formula is C26H33N5O3. The van der Waals surface area contributed by atoms with Crippen LogP contribution in [-0.4, -0.2) is 44.2 Å². The molecule has 0 atom stereocenters. The summed E-state index contributed by atoms with van der Waals surface area (Å²) in [5.74, 6) is 0.575. The summed E-state index contributed by atoms with van der Waals surface area (Å²) < 4.78 is 10.9. The number of fused-ring (bicyclic) bond motifs is 1. The van der Waals surface area contributed by atoms with Gasteiger partial charge in [-0.05, 0) is 55.6 Å². The molecule has 2 heterocycles. The number of hydrogen-bond donors (Lipinski definition) is 4. The van der Waals surface area contributed by atoms with Crippen molar-refractivity contribution in [1.82, 2.24) is 15.6 Å². The molecule has 1 saturated heterocycles. The van der Waals surface area contributed by atoms with Gasteiger partial charge in [0.15, 0.2) is 11.5 Å². The van der Waals surface area contributed by atoms with E-state index in [0.29, 0.717) is 34.3 Å². The quantitative estimate of drug-likeness (QED) is 0.384. The Morgan fingerprint density at radius 3 is 2.59 bits per heavy atom. The zero-order valence-electron chi connectivity index (χ0n) is 20.0. The number of nitrogens with zero attached hydrogens (tertiary/aromatic N) is 1. The summed E-state index contributed by atoms with van der Waals surface area (Å²) in [5, 5.41) is 11.4. The van der Waals surface area contributed by atoms with Crippen LogP contribution in [0.4, 0.5) is 11.4 Å². The summed E-state index contributed by atoms with van der Waals surface area (Å²) in [6.45, 7) is 5.05. The van der Waals surface area contributed by atoms with Crippen LogP contribution in [0, 0.1) is 0 Å². The lowest BCUT2D eigenvalue weighted by atomic mass is 10.00. The average Bonchev–Trinajstić information content (AvgIpc) is 2.87. The summed E-state index contributed by atoms with van der Waals surface area (Å²) >= 11 is 0. The fraction of sp³-hybridized carbons (Fsp3) is 0.385. The van der Waals surface area contributed by atoms with Crippen molar-refractivity contribution < 1.29 is 14.3 Å². The number of rotatable bonds is 9. The van der Waals surface area contributed by atoms with Crippen molar-refractivity contribution in [2.75, 3.05) is 32.6 Å². The first-order chi connectivity index (χ1) is 16.5. The normalized spacial score (nSPS) is 14.2. The van der Waals surface area contributed by atoms with E-state index in [4.69, 9.17) is 15.2 Å². The van der Waals surface area contributed by atoms with E-state index in [1.54, 1.807) is 20.3 Å². The number of nitrogens with two attached hydrogens (primary N) is 1. The minimum absolute atomic E-state index is 0.319. The number of carbonyl (C=O) groups is 1. The van der Waals surface area contributed by atoms with Gasteiger partial charge in [0, 0.05) is 35.9 Å². The maximum Gasteiger partial charge on any atom is 0.252 e. The number of hydrogen-bond acceptors (Lipinski definition) is 7. The predicted octanol–water partition coefficient (Wildman–Crippen LogP) is 3.50. The highest BCUT2D eigenvalue weighted by molar-refractivity contribution is 6.08. The van der Waals surface area contributed by atoms with Crippen LogP contribution in [0.1, 0.15) is 41.3 Å². The molecule has 4 rings (SSSR count). The number of carbonyl (C=O) groups excluding carboxylic acids is 1. The minimum Gasteiger partial charge on any atom is -0.493 e. The Balaban J connectivity index is 1.73. The third-order valence-electron chi connectivity index (χ3n) is 6.45. The van der Waals surface area contributed by atoms with E-state index in [1.807, 2.05) is 18.2 Å². The van der Waals surface area contributed by atoms with E-state index in [0.717, 1.165) is 50.0 Å². The van der Waals surface area contributed by atoms with Gasteiger partial charge in [-0.2, -0.15) is 0 Å². The Morgan fingerprint density at radius 2 is 1.91 bits per heavy atom. The second-order valence-electron chi connectivity index (χ2n) is 8.46. The Bertz CT molecular complexity index is 1170. The minimum atomic E-state index is -0.548. The summed E-state index contributed by atoms with van der Waals surface area (Å²) in [6.07, 6.45) is 4.62. The Hall–Kier alpha value is -3.36. The van der Waals surface area contributed by atoms with Crippen molar-refractivity contribution in [3.63, 3.8) is 0 Å². The van der Waals surface area contributed by atoms with Crippen molar-refractivity contribution in [1.29, 1.82) is 0 Å². The van der Waals surface area contributed by atoms with Gasteiger partial charge in [0.1, 0.15) is 0 Å². The predicted molar refractivity (Wildman–Crippen MR) is 135 cm³/mol. The van der Waals surface area contributed by atoms with E-state index >= 15 is 0 Å². The number of pyridine rings is 1. The molecular weight excluding hydrogens is 430 g/mol. The smallest absolute Gasteiger partial charge is 0.252 e. The number of amides is 1. The van der Waals surface area contributed by atoms with Gasteiger partial charge >= 0.3 is 0 Å². The van der Waals surface area contributed by atoms with Crippen molar-refractivity contribution in [3.8, 4) is 11.5 Å². The highest BCUT2D eigenvalue weighted by Crippen LogP contribution is 2.37. The molecule has 0 aliphatic carbocycles. The van der Waals surface area contributed by atoms with Crippen molar-refractivity contribution in [2.24, 2.45) is 5.73 Å². The Morgan fingerprint density at radius 1 is 1.18 bits per heavy atom. The van der Waals surface area contributed by atoms with Gasteiger partial charge in [-0.1, -0.05) is 19.1 Å². The van der Waals surface area contributed by atoms with E-state index < -0.39 is 5.91 Å². The standard InChI is InChI=1S/C26H33N5O3/c1-4-18-16(14-29-17-8-10-28-11-9-17)6-5-7-21(18)31-25-19-12-23(33-2)24(34-3)13-22(19)30-15-20(25)26(27)32/h5-7,12-13,15,17,28-29H,4,8-11,14H2,1-3H3,(H2,27,32)(H,30,31). The van der Waals surface area contributed by atoms with Crippen LogP contribution < -0.4 is 31.2 Å². The summed E-state index contributed by atoms with van der Waals surface area (Å²) in [6, 6.07) is 10.4. The summed E-state index contributed by atoms with van der Waals surface area (Å²) in [4.78, 5) is 16.7. The molecule has 1 aliphatic heterocycles. The molecule has 1 amide bonds. The lowest BCUT2D eigenvalue weighted by Gasteiger charge is -2.25. The fourth-order valence-electron chi connectivity index (χ4n) is 4.59. The number of methoxy groups -OCH3 is 2. The topological polar surface area (TPSA) is 111 Å². The van der Waals surface area contributed by atoms with Gasteiger partial charge < -0.3 is 31.2 Å². The van der Waals surface area contributed by atoms with Gasteiger partial charge in [-0.3, -0.25) is 9.78 Å². The maximum absolute atomic E-state index is 12.3. The van der Waals surface area contributed by atoms with E-state index in [1.165, 1.54) is 17.3 Å². The van der Waals surface area contributed by atoms with Crippen molar-refractivity contribution in [3.05, 3.63) is 53.2 Å². The third kappa shape index (κ3) is 4.93. The monoisotopic (exact) mass is 463 g/mol. The largest absolute Gasteiger partial charge is 0.493 e. The number of piperidine rings is 1. The lowest BCUT2D eigenvalue weighted by molar-refractivity contribution is 0.100. The van der Waals surface area contributed by atoms with Gasteiger partial charge in [-0.25, -0.2) is 0 Å². The number of primary amides is 1. The van der Waals surface area contributed by atoms with E-state index in [9.17, 15) is 4.79 Å². The molecule has 0 unspecified atom stereocenters. The molecule has 0 saturated carbocycles. The first kappa shape index (κ1) is 23.8.